The number of benzene rings is 2. The van der Waals surface area contributed by atoms with Crippen molar-refractivity contribution in [3.63, 3.8) is 0 Å². The van der Waals surface area contributed by atoms with Crippen LogP contribution in [0, 0.1) is 0 Å². The average Bonchev–Trinajstić information content (AvgIpc) is 2.93. The third-order valence-corrected chi connectivity index (χ3v) is 4.08. The van der Waals surface area contributed by atoms with Crippen molar-refractivity contribution in [1.29, 1.82) is 0 Å². The van der Waals surface area contributed by atoms with Gasteiger partial charge in [-0.15, -0.1) is 0 Å². The van der Waals surface area contributed by atoms with E-state index in [1.54, 1.807) is 7.05 Å². The predicted molar refractivity (Wildman–Crippen MR) is 91.7 cm³/mol. The highest BCUT2D eigenvalue weighted by molar-refractivity contribution is 6.25. The van der Waals surface area contributed by atoms with E-state index in [4.69, 9.17) is 4.74 Å². The minimum absolute atomic E-state index is 0.0177. The molecule has 3 nitrogen and oxygen atoms in total. The molecule has 3 heteroatoms. The van der Waals surface area contributed by atoms with Crippen LogP contribution in [0.4, 0.5) is 0 Å². The van der Waals surface area contributed by atoms with E-state index in [-0.39, 0.29) is 5.78 Å². The van der Waals surface area contributed by atoms with E-state index >= 15 is 0 Å². The van der Waals surface area contributed by atoms with Crippen LogP contribution in [0.3, 0.4) is 0 Å². The Labute approximate surface area is 137 Å². The van der Waals surface area contributed by atoms with Crippen LogP contribution in [0.1, 0.15) is 36.1 Å². The van der Waals surface area contributed by atoms with Gasteiger partial charge in [-0.3, -0.25) is 4.79 Å². The van der Waals surface area contributed by atoms with Gasteiger partial charge in [-0.2, -0.15) is 0 Å². The van der Waals surface area contributed by atoms with Crippen LogP contribution in [0.5, 0.6) is 0 Å². The maximum absolute atomic E-state index is 13.0. The first-order chi connectivity index (χ1) is 11.3. The molecule has 0 fully saturated rings. The Bertz CT molecular complexity index is 734. The molecule has 2 aromatic rings. The number of ether oxygens (including phenoxy) is 1. The molecule has 1 heterocycles. The fourth-order valence-electron chi connectivity index (χ4n) is 3.01. The summed E-state index contributed by atoms with van der Waals surface area (Å²) in [5, 5.41) is 3.05. The fraction of sp³-hybridized carbons (Fsp3) is 0.250. The number of carbonyl (C=O) groups excluding carboxylic acids is 1. The summed E-state index contributed by atoms with van der Waals surface area (Å²) in [6.45, 7) is 2.14. The van der Waals surface area contributed by atoms with Gasteiger partial charge in [0.1, 0.15) is 0 Å². The maximum atomic E-state index is 13.0. The molecule has 0 aromatic heterocycles. The summed E-state index contributed by atoms with van der Waals surface area (Å²) in [5.41, 5.74) is 3.70. The Balaban J connectivity index is 2.02. The molecule has 0 saturated carbocycles. The maximum Gasteiger partial charge on any atom is 0.213 e. The molecule has 118 valence electrons. The standard InChI is InChI=1S/C20H21NO2/c1-3-9-14-10-7-8-13-16(14)17-18(22)19(23-20(17)21-2)15-11-5-4-6-12-15/h4-8,10-13,19,21H,3,9H2,1-2H3. The van der Waals surface area contributed by atoms with E-state index in [1.807, 2.05) is 48.5 Å². The highest BCUT2D eigenvalue weighted by atomic mass is 16.5. The van der Waals surface area contributed by atoms with Gasteiger partial charge in [0.05, 0.1) is 5.57 Å². The first-order valence-corrected chi connectivity index (χ1v) is 8.02. The van der Waals surface area contributed by atoms with Crippen LogP contribution in [-0.2, 0) is 16.0 Å². The third kappa shape index (κ3) is 2.87. The summed E-state index contributed by atoms with van der Waals surface area (Å²) in [4.78, 5) is 13.0. The highest BCUT2D eigenvalue weighted by Crippen LogP contribution is 2.38. The number of rotatable bonds is 5. The molecule has 1 aliphatic heterocycles. The first kappa shape index (κ1) is 15.3. The lowest BCUT2D eigenvalue weighted by molar-refractivity contribution is -0.120. The number of hydrogen-bond acceptors (Lipinski definition) is 3. The van der Waals surface area contributed by atoms with Gasteiger partial charge < -0.3 is 10.1 Å². The Morgan fingerprint density at radius 1 is 1.04 bits per heavy atom. The molecule has 3 rings (SSSR count). The molecule has 1 aliphatic rings. The lowest BCUT2D eigenvalue weighted by atomic mass is 9.92. The van der Waals surface area contributed by atoms with Crippen LogP contribution < -0.4 is 5.32 Å². The normalized spacial score (nSPS) is 17.3. The summed E-state index contributed by atoms with van der Waals surface area (Å²) < 4.78 is 5.93. The lowest BCUT2D eigenvalue weighted by Gasteiger charge is -2.11. The Morgan fingerprint density at radius 3 is 2.43 bits per heavy atom. The van der Waals surface area contributed by atoms with Gasteiger partial charge in [0.25, 0.3) is 0 Å². The molecule has 2 aromatic carbocycles. The summed E-state index contributed by atoms with van der Waals surface area (Å²) in [5.74, 6) is 0.580. The second-order valence-corrected chi connectivity index (χ2v) is 5.63. The molecule has 23 heavy (non-hydrogen) atoms. The monoisotopic (exact) mass is 307 g/mol. The van der Waals surface area contributed by atoms with Crippen molar-refractivity contribution in [2.45, 2.75) is 25.9 Å². The van der Waals surface area contributed by atoms with Gasteiger partial charge in [-0.05, 0) is 17.5 Å². The Hall–Kier alpha value is -2.55. The molecule has 0 aliphatic carbocycles. The van der Waals surface area contributed by atoms with E-state index in [9.17, 15) is 4.79 Å². The molecule has 0 spiro atoms. The highest BCUT2D eigenvalue weighted by Gasteiger charge is 2.37. The molecule has 0 radical (unpaired) electrons. The molecular weight excluding hydrogens is 286 g/mol. The quantitative estimate of drug-likeness (QED) is 0.911. The molecular formula is C20H21NO2. The third-order valence-electron chi connectivity index (χ3n) is 4.08. The molecule has 1 atom stereocenters. The van der Waals surface area contributed by atoms with E-state index in [1.165, 1.54) is 5.56 Å². The van der Waals surface area contributed by atoms with E-state index in [2.05, 4.69) is 18.3 Å². The second kappa shape index (κ2) is 6.69. The van der Waals surface area contributed by atoms with Gasteiger partial charge in [-0.1, -0.05) is 67.9 Å². The zero-order chi connectivity index (χ0) is 16.2. The minimum atomic E-state index is -0.566. The number of ketones is 1. The van der Waals surface area contributed by atoms with Crippen molar-refractivity contribution in [2.24, 2.45) is 0 Å². The Kier molecular flexibility index (Phi) is 4.47. The van der Waals surface area contributed by atoms with Gasteiger partial charge >= 0.3 is 0 Å². The number of nitrogens with one attached hydrogen (secondary N) is 1. The van der Waals surface area contributed by atoms with Gasteiger partial charge in [-0.25, -0.2) is 0 Å². The predicted octanol–water partition coefficient (Wildman–Crippen LogP) is 3.87. The zero-order valence-corrected chi connectivity index (χ0v) is 13.5. The van der Waals surface area contributed by atoms with Crippen molar-refractivity contribution in [2.75, 3.05) is 7.05 Å². The van der Waals surface area contributed by atoms with Gasteiger partial charge in [0, 0.05) is 12.6 Å². The molecule has 1 N–H and O–H groups in total. The molecule has 0 amide bonds. The van der Waals surface area contributed by atoms with Gasteiger partial charge in [0.15, 0.2) is 12.0 Å². The summed E-state index contributed by atoms with van der Waals surface area (Å²) in [6, 6.07) is 17.7. The van der Waals surface area contributed by atoms with Crippen molar-refractivity contribution >= 4 is 11.4 Å². The lowest BCUT2D eigenvalue weighted by Crippen LogP contribution is -2.10. The number of carbonyl (C=O) groups is 1. The fourth-order valence-corrected chi connectivity index (χ4v) is 3.01. The number of aryl methyl sites for hydroxylation is 1. The van der Waals surface area contributed by atoms with E-state index in [0.717, 1.165) is 24.0 Å². The second-order valence-electron chi connectivity index (χ2n) is 5.63. The van der Waals surface area contributed by atoms with E-state index in [0.29, 0.717) is 11.5 Å². The van der Waals surface area contributed by atoms with Crippen LogP contribution in [-0.4, -0.2) is 12.8 Å². The van der Waals surface area contributed by atoms with Crippen LogP contribution in [0.2, 0.25) is 0 Å². The van der Waals surface area contributed by atoms with Crippen molar-refractivity contribution in [1.82, 2.24) is 5.32 Å². The Morgan fingerprint density at radius 2 is 1.74 bits per heavy atom. The summed E-state index contributed by atoms with van der Waals surface area (Å²) >= 11 is 0. The van der Waals surface area contributed by atoms with Crippen LogP contribution in [0.25, 0.3) is 5.57 Å². The van der Waals surface area contributed by atoms with Crippen molar-refractivity contribution in [3.8, 4) is 0 Å². The summed E-state index contributed by atoms with van der Waals surface area (Å²) in [7, 11) is 1.79. The van der Waals surface area contributed by atoms with Gasteiger partial charge in [0.2, 0.25) is 5.78 Å². The summed E-state index contributed by atoms with van der Waals surface area (Å²) in [6.07, 6.45) is 1.42. The topological polar surface area (TPSA) is 38.3 Å². The largest absolute Gasteiger partial charge is 0.462 e. The number of hydrogen-bond donors (Lipinski definition) is 1. The molecule has 0 saturated heterocycles. The average molecular weight is 307 g/mol. The van der Waals surface area contributed by atoms with Crippen molar-refractivity contribution < 1.29 is 9.53 Å². The minimum Gasteiger partial charge on any atom is -0.462 e. The number of Topliss-reactive ketones (excluding diaryl/α,β-unsaturated/α-hetero) is 1. The first-order valence-electron chi connectivity index (χ1n) is 8.02. The van der Waals surface area contributed by atoms with Crippen LogP contribution >= 0.6 is 0 Å². The zero-order valence-electron chi connectivity index (χ0n) is 13.5. The van der Waals surface area contributed by atoms with E-state index < -0.39 is 6.10 Å². The smallest absolute Gasteiger partial charge is 0.213 e. The SMILES string of the molecule is CCCc1ccccc1C1=C(NC)OC(c2ccccc2)C1=O. The molecule has 0 bridgehead atoms. The van der Waals surface area contributed by atoms with Crippen molar-refractivity contribution in [3.05, 3.63) is 77.2 Å². The van der Waals surface area contributed by atoms with Crippen LogP contribution in [0.15, 0.2) is 60.5 Å². The molecule has 1 unspecified atom stereocenters.